The molecule has 0 saturated heterocycles. The third-order valence-corrected chi connectivity index (χ3v) is 4.57. The number of aliphatic hydroxyl groups is 1. The Balaban J connectivity index is 1.74. The number of halogens is 2. The molecule has 0 radical (unpaired) electrons. The van der Waals surface area contributed by atoms with Crippen LogP contribution in [0.2, 0.25) is 0 Å². The molecular weight excluding hydrogens is 364 g/mol. The van der Waals surface area contributed by atoms with Crippen LogP contribution in [-0.4, -0.2) is 28.1 Å². The molecule has 0 fully saturated rings. The summed E-state index contributed by atoms with van der Waals surface area (Å²) in [7, 11) is 0. The van der Waals surface area contributed by atoms with E-state index in [1.165, 1.54) is 16.8 Å². The van der Waals surface area contributed by atoms with E-state index in [0.29, 0.717) is 6.54 Å². The first-order valence-electron chi connectivity index (χ1n) is 9.06. The zero-order valence-corrected chi connectivity index (χ0v) is 15.8. The second kappa shape index (κ2) is 8.95. The number of aromatic nitrogens is 2. The predicted molar refractivity (Wildman–Crippen MR) is 102 cm³/mol. The van der Waals surface area contributed by atoms with Gasteiger partial charge in [0, 0.05) is 35.5 Å². The molecule has 0 aliphatic carbocycles. The third-order valence-electron chi connectivity index (χ3n) is 4.57. The van der Waals surface area contributed by atoms with Crippen molar-refractivity contribution >= 4 is 0 Å². The molecule has 3 rings (SSSR count). The Hall–Kier alpha value is -2.77. The molecule has 7 heteroatoms. The molecule has 0 amide bonds. The van der Waals surface area contributed by atoms with Gasteiger partial charge in [0.1, 0.15) is 23.9 Å². The molecule has 5 nitrogen and oxygen atoms in total. The van der Waals surface area contributed by atoms with Crippen molar-refractivity contribution in [2.45, 2.75) is 26.4 Å². The number of ether oxygens (including phenoxy) is 1. The number of nitrogens with zero attached hydrogens (tertiary/aromatic N) is 2. The SMILES string of the molecule is Cc1c(C(C)NCc2ccccc2OCCO)cnn1-c1ccc(F)cc1F. The van der Waals surface area contributed by atoms with Gasteiger partial charge >= 0.3 is 0 Å². The number of rotatable bonds is 8. The Labute approximate surface area is 162 Å². The summed E-state index contributed by atoms with van der Waals surface area (Å²) >= 11 is 0. The van der Waals surface area contributed by atoms with E-state index in [0.717, 1.165) is 28.6 Å². The summed E-state index contributed by atoms with van der Waals surface area (Å²) in [5.41, 5.74) is 2.87. The first kappa shape index (κ1) is 20.0. The average molecular weight is 387 g/mol. The van der Waals surface area contributed by atoms with Crippen LogP contribution in [0.5, 0.6) is 5.75 Å². The zero-order valence-electron chi connectivity index (χ0n) is 15.8. The predicted octanol–water partition coefficient (Wildman–Crippen LogP) is 3.68. The summed E-state index contributed by atoms with van der Waals surface area (Å²) in [5.74, 6) is -0.561. The molecule has 0 spiro atoms. The Kier molecular flexibility index (Phi) is 6.38. The fourth-order valence-electron chi connectivity index (χ4n) is 3.06. The van der Waals surface area contributed by atoms with Gasteiger partial charge in [-0.05, 0) is 32.0 Å². The van der Waals surface area contributed by atoms with Gasteiger partial charge in [-0.15, -0.1) is 0 Å². The van der Waals surface area contributed by atoms with Gasteiger partial charge in [0.25, 0.3) is 0 Å². The summed E-state index contributed by atoms with van der Waals surface area (Å²) in [6.45, 7) is 4.59. The van der Waals surface area contributed by atoms with E-state index in [1.807, 2.05) is 38.1 Å². The second-order valence-corrected chi connectivity index (χ2v) is 6.48. The van der Waals surface area contributed by atoms with Gasteiger partial charge in [-0.1, -0.05) is 18.2 Å². The van der Waals surface area contributed by atoms with E-state index >= 15 is 0 Å². The lowest BCUT2D eigenvalue weighted by molar-refractivity contribution is 0.200. The van der Waals surface area contributed by atoms with Crippen molar-refractivity contribution in [1.29, 1.82) is 0 Å². The van der Waals surface area contributed by atoms with Crippen molar-refractivity contribution in [3.05, 3.63) is 77.1 Å². The van der Waals surface area contributed by atoms with Crippen molar-refractivity contribution in [3.8, 4) is 11.4 Å². The van der Waals surface area contributed by atoms with Crippen LogP contribution in [0.1, 0.15) is 29.8 Å². The Morgan fingerprint density at radius 3 is 2.75 bits per heavy atom. The van der Waals surface area contributed by atoms with Gasteiger partial charge in [0.15, 0.2) is 5.82 Å². The molecule has 3 aromatic rings. The second-order valence-electron chi connectivity index (χ2n) is 6.48. The van der Waals surface area contributed by atoms with Crippen LogP contribution < -0.4 is 10.1 Å². The highest BCUT2D eigenvalue weighted by atomic mass is 19.1. The standard InChI is InChI=1S/C21H23F2N3O2/c1-14(24-12-16-5-3-4-6-21(16)28-10-9-27)18-13-25-26(15(18)2)20-8-7-17(22)11-19(20)23/h3-8,11,13-14,24,27H,9-10,12H2,1-2H3. The van der Waals surface area contributed by atoms with Gasteiger partial charge < -0.3 is 15.2 Å². The van der Waals surface area contributed by atoms with Crippen LogP contribution in [0.15, 0.2) is 48.7 Å². The van der Waals surface area contributed by atoms with Crippen molar-refractivity contribution in [2.75, 3.05) is 13.2 Å². The summed E-state index contributed by atoms with van der Waals surface area (Å²) in [4.78, 5) is 0. The van der Waals surface area contributed by atoms with Crippen molar-refractivity contribution in [3.63, 3.8) is 0 Å². The number of nitrogens with one attached hydrogen (secondary N) is 1. The van der Waals surface area contributed by atoms with Gasteiger partial charge in [-0.25, -0.2) is 13.5 Å². The monoisotopic (exact) mass is 387 g/mol. The fraction of sp³-hybridized carbons (Fsp3) is 0.286. The molecule has 0 bridgehead atoms. The summed E-state index contributed by atoms with van der Waals surface area (Å²) in [6, 6.07) is 11.0. The van der Waals surface area contributed by atoms with E-state index in [2.05, 4.69) is 10.4 Å². The lowest BCUT2D eigenvalue weighted by Crippen LogP contribution is -2.19. The minimum Gasteiger partial charge on any atom is -0.491 e. The summed E-state index contributed by atoms with van der Waals surface area (Å²) in [6.07, 6.45) is 1.68. The van der Waals surface area contributed by atoms with Crippen LogP contribution in [0.4, 0.5) is 8.78 Å². The van der Waals surface area contributed by atoms with Gasteiger partial charge in [-0.3, -0.25) is 0 Å². The minimum atomic E-state index is -0.659. The molecule has 0 aliphatic heterocycles. The first-order chi connectivity index (χ1) is 13.5. The summed E-state index contributed by atoms with van der Waals surface area (Å²) in [5, 5.41) is 16.6. The fourth-order valence-corrected chi connectivity index (χ4v) is 3.06. The van der Waals surface area contributed by atoms with Crippen LogP contribution in [0.25, 0.3) is 5.69 Å². The van der Waals surface area contributed by atoms with E-state index in [9.17, 15) is 8.78 Å². The molecule has 1 unspecified atom stereocenters. The average Bonchev–Trinajstić information content (AvgIpc) is 3.06. The zero-order chi connectivity index (χ0) is 20.1. The summed E-state index contributed by atoms with van der Waals surface area (Å²) < 4.78 is 34.3. The van der Waals surface area contributed by atoms with Crippen LogP contribution in [-0.2, 0) is 6.54 Å². The van der Waals surface area contributed by atoms with Crippen molar-refractivity contribution in [2.24, 2.45) is 0 Å². The van der Waals surface area contributed by atoms with E-state index in [-0.39, 0.29) is 24.9 Å². The van der Waals surface area contributed by atoms with Crippen LogP contribution >= 0.6 is 0 Å². The number of hydrogen-bond donors (Lipinski definition) is 2. The molecule has 1 heterocycles. The van der Waals surface area contributed by atoms with Crippen LogP contribution in [0, 0.1) is 18.6 Å². The lowest BCUT2D eigenvalue weighted by atomic mass is 10.1. The largest absolute Gasteiger partial charge is 0.491 e. The smallest absolute Gasteiger partial charge is 0.151 e. The molecule has 2 N–H and O–H groups in total. The lowest BCUT2D eigenvalue weighted by Gasteiger charge is -2.16. The molecular formula is C21H23F2N3O2. The number of benzene rings is 2. The first-order valence-corrected chi connectivity index (χ1v) is 9.06. The minimum absolute atomic E-state index is 0.0451. The number of hydrogen-bond acceptors (Lipinski definition) is 4. The molecule has 1 aromatic heterocycles. The van der Waals surface area contributed by atoms with Crippen molar-refractivity contribution in [1.82, 2.24) is 15.1 Å². The Morgan fingerprint density at radius 1 is 1.21 bits per heavy atom. The quantitative estimate of drug-likeness (QED) is 0.619. The molecule has 2 aromatic carbocycles. The molecule has 0 saturated carbocycles. The van der Waals surface area contributed by atoms with E-state index in [1.54, 1.807) is 6.20 Å². The maximum Gasteiger partial charge on any atom is 0.151 e. The Morgan fingerprint density at radius 2 is 2.00 bits per heavy atom. The number of para-hydroxylation sites is 1. The van der Waals surface area contributed by atoms with E-state index < -0.39 is 11.6 Å². The maximum absolute atomic E-state index is 14.1. The Bertz CT molecular complexity index is 943. The molecule has 0 aliphatic rings. The molecule has 28 heavy (non-hydrogen) atoms. The molecule has 1 atom stereocenters. The third kappa shape index (κ3) is 4.37. The normalized spacial score (nSPS) is 12.2. The molecule has 148 valence electrons. The van der Waals surface area contributed by atoms with Gasteiger partial charge in [-0.2, -0.15) is 5.10 Å². The number of aliphatic hydroxyl groups excluding tert-OH is 1. The van der Waals surface area contributed by atoms with Gasteiger partial charge in [0.2, 0.25) is 0 Å². The highest BCUT2D eigenvalue weighted by Crippen LogP contribution is 2.24. The topological polar surface area (TPSA) is 59.3 Å². The van der Waals surface area contributed by atoms with E-state index in [4.69, 9.17) is 9.84 Å². The van der Waals surface area contributed by atoms with Gasteiger partial charge in [0.05, 0.1) is 12.8 Å². The highest BCUT2D eigenvalue weighted by molar-refractivity contribution is 5.37. The highest BCUT2D eigenvalue weighted by Gasteiger charge is 2.17. The maximum atomic E-state index is 14.1. The van der Waals surface area contributed by atoms with Crippen molar-refractivity contribution < 1.29 is 18.6 Å². The van der Waals surface area contributed by atoms with Crippen LogP contribution in [0.3, 0.4) is 0 Å².